The SMILES string of the molecule is Cc1ccccc1/C=C/C(=O)NCc1ccccc1C[NH+]1CCCC1. The summed E-state index contributed by atoms with van der Waals surface area (Å²) in [4.78, 5) is 13.8. The van der Waals surface area contributed by atoms with Gasteiger partial charge in [-0.05, 0) is 29.7 Å². The fraction of sp³-hybridized carbons (Fsp3) is 0.318. The molecule has 1 aliphatic rings. The maximum atomic E-state index is 12.2. The van der Waals surface area contributed by atoms with E-state index in [1.165, 1.54) is 42.6 Å². The minimum atomic E-state index is -0.0495. The minimum absolute atomic E-state index is 0.0495. The van der Waals surface area contributed by atoms with Gasteiger partial charge in [0.2, 0.25) is 5.91 Å². The van der Waals surface area contributed by atoms with Crippen LogP contribution in [0.15, 0.2) is 54.6 Å². The van der Waals surface area contributed by atoms with Crippen LogP contribution < -0.4 is 10.2 Å². The summed E-state index contributed by atoms with van der Waals surface area (Å²) in [6.07, 6.45) is 6.16. The van der Waals surface area contributed by atoms with E-state index in [9.17, 15) is 4.79 Å². The third-order valence-corrected chi connectivity index (χ3v) is 4.93. The third kappa shape index (κ3) is 5.04. The summed E-state index contributed by atoms with van der Waals surface area (Å²) in [7, 11) is 0. The number of hydrogen-bond acceptors (Lipinski definition) is 1. The van der Waals surface area contributed by atoms with Crippen LogP contribution >= 0.6 is 0 Å². The number of likely N-dealkylation sites (tertiary alicyclic amines) is 1. The lowest BCUT2D eigenvalue weighted by molar-refractivity contribution is -0.901. The van der Waals surface area contributed by atoms with Gasteiger partial charge in [-0.25, -0.2) is 0 Å². The number of benzene rings is 2. The molecule has 3 nitrogen and oxygen atoms in total. The van der Waals surface area contributed by atoms with E-state index in [0.717, 1.165) is 12.1 Å². The summed E-state index contributed by atoms with van der Waals surface area (Å²) in [6, 6.07) is 16.5. The van der Waals surface area contributed by atoms with Gasteiger partial charge in [-0.2, -0.15) is 0 Å². The molecule has 3 rings (SSSR count). The first-order chi connectivity index (χ1) is 12.2. The summed E-state index contributed by atoms with van der Waals surface area (Å²) >= 11 is 0. The first-order valence-corrected chi connectivity index (χ1v) is 9.14. The van der Waals surface area contributed by atoms with Crippen molar-refractivity contribution in [1.82, 2.24) is 5.32 Å². The van der Waals surface area contributed by atoms with Gasteiger partial charge in [-0.15, -0.1) is 0 Å². The van der Waals surface area contributed by atoms with E-state index in [-0.39, 0.29) is 5.91 Å². The van der Waals surface area contributed by atoms with Crippen LogP contribution in [0.3, 0.4) is 0 Å². The highest BCUT2D eigenvalue weighted by Crippen LogP contribution is 2.10. The van der Waals surface area contributed by atoms with E-state index in [1.54, 1.807) is 11.0 Å². The zero-order valence-electron chi connectivity index (χ0n) is 14.9. The molecule has 0 unspecified atom stereocenters. The van der Waals surface area contributed by atoms with Crippen LogP contribution in [0.5, 0.6) is 0 Å². The van der Waals surface area contributed by atoms with Gasteiger partial charge >= 0.3 is 0 Å². The van der Waals surface area contributed by atoms with Crippen molar-refractivity contribution in [2.75, 3.05) is 13.1 Å². The van der Waals surface area contributed by atoms with Crippen molar-refractivity contribution in [3.05, 3.63) is 76.9 Å². The Kier molecular flexibility index (Phi) is 6.02. The van der Waals surface area contributed by atoms with Crippen LogP contribution in [0, 0.1) is 6.92 Å². The predicted octanol–water partition coefficient (Wildman–Crippen LogP) is 2.50. The first kappa shape index (κ1) is 17.4. The number of hydrogen-bond donors (Lipinski definition) is 2. The summed E-state index contributed by atoms with van der Waals surface area (Å²) in [5.74, 6) is -0.0495. The Morgan fingerprint density at radius 2 is 1.72 bits per heavy atom. The number of carbonyl (C=O) groups is 1. The van der Waals surface area contributed by atoms with Crippen molar-refractivity contribution in [3.63, 3.8) is 0 Å². The Labute approximate surface area is 150 Å². The van der Waals surface area contributed by atoms with Crippen LogP contribution in [0.2, 0.25) is 0 Å². The standard InChI is InChI=1S/C22H26N2O/c1-18-8-2-3-9-19(18)12-13-22(25)23-16-20-10-4-5-11-21(20)17-24-14-6-7-15-24/h2-5,8-13H,6-7,14-17H2,1H3,(H,23,25)/p+1/b13-12+. The van der Waals surface area contributed by atoms with Crippen molar-refractivity contribution >= 4 is 12.0 Å². The van der Waals surface area contributed by atoms with Crippen molar-refractivity contribution in [3.8, 4) is 0 Å². The Morgan fingerprint density at radius 3 is 2.48 bits per heavy atom. The summed E-state index contributed by atoms with van der Waals surface area (Å²) in [5, 5.41) is 3.02. The Hall–Kier alpha value is -2.39. The molecule has 0 aromatic heterocycles. The van der Waals surface area contributed by atoms with Gasteiger partial charge in [0.15, 0.2) is 0 Å². The van der Waals surface area contributed by atoms with Gasteiger partial charge in [0, 0.05) is 31.0 Å². The summed E-state index contributed by atoms with van der Waals surface area (Å²) in [5.41, 5.74) is 4.82. The zero-order valence-corrected chi connectivity index (χ0v) is 14.9. The van der Waals surface area contributed by atoms with Gasteiger partial charge in [0.25, 0.3) is 0 Å². The lowest BCUT2D eigenvalue weighted by atomic mass is 10.1. The van der Waals surface area contributed by atoms with Crippen molar-refractivity contribution in [2.45, 2.75) is 32.9 Å². The van der Waals surface area contributed by atoms with Gasteiger partial charge < -0.3 is 10.2 Å². The molecule has 0 spiro atoms. The van der Waals surface area contributed by atoms with Crippen LogP contribution in [-0.4, -0.2) is 19.0 Å². The van der Waals surface area contributed by atoms with E-state index in [4.69, 9.17) is 0 Å². The summed E-state index contributed by atoms with van der Waals surface area (Å²) in [6.45, 7) is 6.22. The number of nitrogens with one attached hydrogen (secondary N) is 2. The van der Waals surface area contributed by atoms with Gasteiger partial charge in [0.05, 0.1) is 13.1 Å². The lowest BCUT2D eigenvalue weighted by Crippen LogP contribution is -3.08. The monoisotopic (exact) mass is 335 g/mol. The van der Waals surface area contributed by atoms with E-state index >= 15 is 0 Å². The highest BCUT2D eigenvalue weighted by Gasteiger charge is 2.17. The second-order valence-electron chi connectivity index (χ2n) is 6.81. The maximum absolute atomic E-state index is 12.2. The van der Waals surface area contributed by atoms with Crippen molar-refractivity contribution in [1.29, 1.82) is 0 Å². The molecule has 2 N–H and O–H groups in total. The average molecular weight is 335 g/mol. The second kappa shape index (κ2) is 8.63. The topological polar surface area (TPSA) is 33.5 Å². The Morgan fingerprint density at radius 1 is 1.04 bits per heavy atom. The van der Waals surface area contributed by atoms with Crippen molar-refractivity contribution in [2.24, 2.45) is 0 Å². The number of amides is 1. The van der Waals surface area contributed by atoms with Gasteiger partial charge in [-0.1, -0.05) is 48.5 Å². The van der Waals surface area contributed by atoms with Crippen LogP contribution in [0.1, 0.15) is 35.1 Å². The number of carbonyl (C=O) groups excluding carboxylic acids is 1. The first-order valence-electron chi connectivity index (χ1n) is 9.14. The number of quaternary nitrogens is 1. The molecule has 0 atom stereocenters. The molecule has 0 bridgehead atoms. The van der Waals surface area contributed by atoms with E-state index < -0.39 is 0 Å². The fourth-order valence-electron chi connectivity index (χ4n) is 3.40. The molecule has 0 aliphatic carbocycles. The van der Waals surface area contributed by atoms with Crippen LogP contribution in [0.4, 0.5) is 0 Å². The molecule has 1 saturated heterocycles. The molecule has 25 heavy (non-hydrogen) atoms. The largest absolute Gasteiger partial charge is 0.348 e. The highest BCUT2D eigenvalue weighted by molar-refractivity contribution is 5.91. The Balaban J connectivity index is 1.57. The van der Waals surface area contributed by atoms with Crippen LogP contribution in [0.25, 0.3) is 6.08 Å². The molecule has 1 heterocycles. The molecule has 3 heteroatoms. The molecular formula is C22H27N2O+. The number of rotatable bonds is 6. The molecule has 130 valence electrons. The lowest BCUT2D eigenvalue weighted by Gasteiger charge is -2.15. The second-order valence-corrected chi connectivity index (χ2v) is 6.81. The molecule has 2 aromatic rings. The molecule has 1 aliphatic heterocycles. The van der Waals surface area contributed by atoms with Gasteiger partial charge in [0.1, 0.15) is 6.54 Å². The zero-order chi connectivity index (χ0) is 17.5. The smallest absolute Gasteiger partial charge is 0.244 e. The molecule has 1 amide bonds. The third-order valence-electron chi connectivity index (χ3n) is 4.93. The molecular weight excluding hydrogens is 308 g/mol. The molecule has 0 radical (unpaired) electrons. The van der Waals surface area contributed by atoms with Gasteiger partial charge in [-0.3, -0.25) is 4.79 Å². The highest BCUT2D eigenvalue weighted by atomic mass is 16.1. The maximum Gasteiger partial charge on any atom is 0.244 e. The quantitative estimate of drug-likeness (QED) is 0.782. The molecule has 1 fully saturated rings. The minimum Gasteiger partial charge on any atom is -0.348 e. The molecule has 0 saturated carbocycles. The summed E-state index contributed by atoms with van der Waals surface area (Å²) < 4.78 is 0. The normalized spacial score (nSPS) is 14.9. The van der Waals surface area contributed by atoms with Crippen LogP contribution in [-0.2, 0) is 17.9 Å². The van der Waals surface area contributed by atoms with E-state index in [2.05, 4.69) is 36.5 Å². The fourth-order valence-corrected chi connectivity index (χ4v) is 3.40. The van der Waals surface area contributed by atoms with E-state index in [0.29, 0.717) is 6.54 Å². The Bertz CT molecular complexity index is 745. The average Bonchev–Trinajstić information content (AvgIpc) is 3.13. The predicted molar refractivity (Wildman–Crippen MR) is 102 cm³/mol. The van der Waals surface area contributed by atoms with Crippen molar-refractivity contribution < 1.29 is 9.69 Å². The number of aryl methyl sites for hydroxylation is 1. The molecule has 2 aromatic carbocycles. The van der Waals surface area contributed by atoms with E-state index in [1.807, 2.05) is 30.3 Å².